The lowest BCUT2D eigenvalue weighted by Gasteiger charge is -2.39. The molecular weight excluding hydrogens is 273 g/mol. The minimum atomic E-state index is -4.11. The van der Waals surface area contributed by atoms with Crippen LogP contribution in [0.1, 0.15) is 39.5 Å². The van der Waals surface area contributed by atoms with Gasteiger partial charge in [-0.2, -0.15) is 13.2 Å². The third kappa shape index (κ3) is 5.98. The van der Waals surface area contributed by atoms with Gasteiger partial charge in [-0.15, -0.1) is 0 Å². The Morgan fingerprint density at radius 1 is 1.40 bits per heavy atom. The molecule has 0 spiro atoms. The number of rotatable bonds is 5. The second kappa shape index (κ2) is 7.15. The van der Waals surface area contributed by atoms with Crippen LogP contribution in [0.2, 0.25) is 0 Å². The molecule has 1 N–H and O–H groups in total. The number of nitrogens with zero attached hydrogens (tertiary/aromatic N) is 1. The zero-order valence-corrected chi connectivity index (χ0v) is 12.1. The Morgan fingerprint density at radius 3 is 2.70 bits per heavy atom. The summed E-state index contributed by atoms with van der Waals surface area (Å²) >= 11 is 0. The summed E-state index contributed by atoms with van der Waals surface area (Å²) < 4.78 is 41.5. The molecule has 0 saturated carbocycles. The molecule has 1 rings (SSSR count). The van der Waals surface area contributed by atoms with E-state index in [4.69, 9.17) is 4.74 Å². The summed E-state index contributed by atoms with van der Waals surface area (Å²) in [6, 6.07) is -0.222. The molecule has 20 heavy (non-hydrogen) atoms. The average Bonchev–Trinajstić information content (AvgIpc) is 2.37. The van der Waals surface area contributed by atoms with Crippen molar-refractivity contribution in [3.05, 3.63) is 0 Å². The van der Waals surface area contributed by atoms with Crippen LogP contribution in [0.5, 0.6) is 0 Å². The van der Waals surface area contributed by atoms with Crippen LogP contribution in [-0.4, -0.2) is 48.9 Å². The number of carbonyl (C=O) groups is 1. The van der Waals surface area contributed by atoms with Gasteiger partial charge in [-0.3, -0.25) is 0 Å². The van der Waals surface area contributed by atoms with Crippen LogP contribution in [-0.2, 0) is 4.74 Å². The predicted molar refractivity (Wildman–Crippen MR) is 69.5 cm³/mol. The second-order valence-electron chi connectivity index (χ2n) is 5.38. The van der Waals surface area contributed by atoms with E-state index in [-0.39, 0.29) is 24.6 Å². The van der Waals surface area contributed by atoms with Crippen molar-refractivity contribution in [3.63, 3.8) is 0 Å². The van der Waals surface area contributed by atoms with E-state index in [2.05, 4.69) is 5.32 Å². The Labute approximate surface area is 117 Å². The van der Waals surface area contributed by atoms with Crippen LogP contribution in [0, 0.1) is 0 Å². The van der Waals surface area contributed by atoms with Gasteiger partial charge in [-0.05, 0) is 26.2 Å². The van der Waals surface area contributed by atoms with Crippen molar-refractivity contribution in [1.82, 2.24) is 10.2 Å². The van der Waals surface area contributed by atoms with E-state index < -0.39 is 12.6 Å². The van der Waals surface area contributed by atoms with Gasteiger partial charge in [-0.25, -0.2) is 4.79 Å². The monoisotopic (exact) mass is 296 g/mol. The van der Waals surface area contributed by atoms with Gasteiger partial charge in [0.15, 0.2) is 0 Å². The number of hydrogen-bond acceptors (Lipinski definition) is 2. The first-order valence-corrected chi connectivity index (χ1v) is 6.99. The Hall–Kier alpha value is -0.980. The highest BCUT2D eigenvalue weighted by Gasteiger charge is 2.32. The number of unbranched alkanes of at least 4 members (excludes halogenated alkanes) is 1. The predicted octanol–water partition coefficient (Wildman–Crippen LogP) is 2.93. The molecule has 1 saturated heterocycles. The highest BCUT2D eigenvalue weighted by atomic mass is 19.4. The highest BCUT2D eigenvalue weighted by molar-refractivity contribution is 5.74. The molecule has 1 atom stereocenters. The van der Waals surface area contributed by atoms with Crippen molar-refractivity contribution >= 4 is 6.03 Å². The topological polar surface area (TPSA) is 41.6 Å². The van der Waals surface area contributed by atoms with Crippen LogP contribution in [0.15, 0.2) is 0 Å². The molecule has 2 amide bonds. The van der Waals surface area contributed by atoms with Crippen LogP contribution in [0.4, 0.5) is 18.0 Å². The molecule has 118 valence electrons. The standard InChI is InChI=1S/C13H23F3N2O2/c1-3-12(2)10-18(8-9-20-12)11(19)17-7-5-4-6-13(14,15)16/h3-10H2,1-2H3,(H,17,19). The first-order valence-electron chi connectivity index (χ1n) is 6.99. The maximum absolute atomic E-state index is 11.9. The third-order valence-corrected chi connectivity index (χ3v) is 3.54. The Morgan fingerprint density at radius 2 is 2.10 bits per heavy atom. The average molecular weight is 296 g/mol. The van der Waals surface area contributed by atoms with Crippen LogP contribution in [0.25, 0.3) is 0 Å². The highest BCUT2D eigenvalue weighted by Crippen LogP contribution is 2.22. The van der Waals surface area contributed by atoms with Gasteiger partial charge < -0.3 is 15.0 Å². The minimum Gasteiger partial charge on any atom is -0.372 e. The summed E-state index contributed by atoms with van der Waals surface area (Å²) in [4.78, 5) is 13.6. The summed E-state index contributed by atoms with van der Waals surface area (Å²) in [5.74, 6) is 0. The summed E-state index contributed by atoms with van der Waals surface area (Å²) in [6.45, 7) is 5.75. The lowest BCUT2D eigenvalue weighted by atomic mass is 10.0. The fourth-order valence-electron chi connectivity index (χ4n) is 2.08. The number of hydrogen-bond donors (Lipinski definition) is 1. The normalized spacial score (nSPS) is 23.8. The summed E-state index contributed by atoms with van der Waals surface area (Å²) in [5.41, 5.74) is -0.328. The molecule has 1 aliphatic heterocycles. The first-order chi connectivity index (χ1) is 9.26. The van der Waals surface area contributed by atoms with Crippen molar-refractivity contribution in [3.8, 4) is 0 Å². The molecule has 0 aromatic rings. The lowest BCUT2D eigenvalue weighted by Crippen LogP contribution is -2.54. The van der Waals surface area contributed by atoms with E-state index >= 15 is 0 Å². The SMILES string of the molecule is CCC1(C)CN(C(=O)NCCCCC(F)(F)F)CCO1. The fourth-order valence-corrected chi connectivity index (χ4v) is 2.08. The van der Waals surface area contributed by atoms with Crippen LogP contribution >= 0.6 is 0 Å². The smallest absolute Gasteiger partial charge is 0.372 e. The van der Waals surface area contributed by atoms with Crippen molar-refractivity contribution in [2.24, 2.45) is 0 Å². The van der Waals surface area contributed by atoms with E-state index in [1.54, 1.807) is 4.90 Å². The third-order valence-electron chi connectivity index (χ3n) is 3.54. The quantitative estimate of drug-likeness (QED) is 0.793. The summed E-state index contributed by atoms with van der Waals surface area (Å²) in [7, 11) is 0. The van der Waals surface area contributed by atoms with Crippen molar-refractivity contribution in [2.75, 3.05) is 26.2 Å². The van der Waals surface area contributed by atoms with E-state index in [9.17, 15) is 18.0 Å². The molecular formula is C13H23F3N2O2. The number of nitrogens with one attached hydrogen (secondary N) is 1. The number of ether oxygens (including phenoxy) is 1. The molecule has 1 aliphatic rings. The molecule has 0 aromatic heterocycles. The van der Waals surface area contributed by atoms with Crippen molar-refractivity contribution in [2.45, 2.75) is 51.3 Å². The molecule has 0 radical (unpaired) electrons. The Bertz CT molecular complexity index is 323. The number of alkyl halides is 3. The second-order valence-corrected chi connectivity index (χ2v) is 5.38. The van der Waals surface area contributed by atoms with E-state index in [0.29, 0.717) is 26.1 Å². The molecule has 0 bridgehead atoms. The lowest BCUT2D eigenvalue weighted by molar-refractivity contribution is -0.135. The molecule has 1 heterocycles. The number of halogens is 3. The van der Waals surface area contributed by atoms with E-state index in [1.165, 1.54) is 0 Å². The molecule has 0 aliphatic carbocycles. The largest absolute Gasteiger partial charge is 0.389 e. The van der Waals surface area contributed by atoms with Gasteiger partial charge in [0.2, 0.25) is 0 Å². The first kappa shape index (κ1) is 17.1. The van der Waals surface area contributed by atoms with Gasteiger partial charge in [0.05, 0.1) is 18.8 Å². The van der Waals surface area contributed by atoms with Gasteiger partial charge in [0.1, 0.15) is 0 Å². The maximum atomic E-state index is 11.9. The van der Waals surface area contributed by atoms with Crippen LogP contribution < -0.4 is 5.32 Å². The molecule has 1 unspecified atom stereocenters. The van der Waals surface area contributed by atoms with Crippen molar-refractivity contribution in [1.29, 1.82) is 0 Å². The Balaban J connectivity index is 2.22. The molecule has 4 nitrogen and oxygen atoms in total. The minimum absolute atomic E-state index is 0.0412. The number of amides is 2. The summed E-state index contributed by atoms with van der Waals surface area (Å²) in [5, 5.41) is 2.66. The van der Waals surface area contributed by atoms with E-state index in [1.807, 2.05) is 13.8 Å². The van der Waals surface area contributed by atoms with Crippen LogP contribution in [0.3, 0.4) is 0 Å². The fraction of sp³-hybridized carbons (Fsp3) is 0.923. The van der Waals surface area contributed by atoms with Gasteiger partial charge in [0, 0.05) is 19.5 Å². The Kier molecular flexibility index (Phi) is 6.10. The molecule has 1 fully saturated rings. The van der Waals surface area contributed by atoms with Gasteiger partial charge in [0.25, 0.3) is 0 Å². The molecule has 7 heteroatoms. The zero-order valence-electron chi connectivity index (χ0n) is 12.1. The molecule has 0 aromatic carbocycles. The number of morpholine rings is 1. The zero-order chi connectivity index (χ0) is 15.2. The maximum Gasteiger partial charge on any atom is 0.389 e. The van der Waals surface area contributed by atoms with Gasteiger partial charge >= 0.3 is 12.2 Å². The number of urea groups is 1. The summed E-state index contributed by atoms with van der Waals surface area (Å²) in [6.07, 6.45) is -3.73. The van der Waals surface area contributed by atoms with E-state index in [0.717, 1.165) is 6.42 Å². The number of carbonyl (C=O) groups excluding carboxylic acids is 1. The van der Waals surface area contributed by atoms with Crippen molar-refractivity contribution < 1.29 is 22.7 Å². The van der Waals surface area contributed by atoms with Gasteiger partial charge in [-0.1, -0.05) is 6.92 Å².